The Balaban J connectivity index is 1.87. The molecule has 0 fully saturated rings. The van der Waals surface area contributed by atoms with Crippen LogP contribution in [0.3, 0.4) is 0 Å². The molecule has 4 rings (SSSR count). The second-order valence-electron chi connectivity index (χ2n) is 5.70. The molecule has 124 valence electrons. The standard InChI is InChI=1S/C20H14Cl2N2S/c1-24-19(16-10-9-14(21)11-17(16)22)12-25-20(24)23-18-8-4-6-13-5-2-3-7-15(13)18/h2-12H,1H3. The molecule has 0 N–H and O–H groups in total. The number of hydrogen-bond donors (Lipinski definition) is 0. The number of nitrogens with zero attached hydrogens (tertiary/aromatic N) is 2. The minimum atomic E-state index is 0.632. The van der Waals surface area contributed by atoms with Crippen LogP contribution < -0.4 is 4.80 Å². The largest absolute Gasteiger partial charge is 0.319 e. The molecule has 0 unspecified atom stereocenters. The average molecular weight is 385 g/mol. The van der Waals surface area contributed by atoms with Gasteiger partial charge >= 0.3 is 0 Å². The van der Waals surface area contributed by atoms with Gasteiger partial charge in [-0.3, -0.25) is 0 Å². The maximum atomic E-state index is 6.36. The van der Waals surface area contributed by atoms with E-state index in [1.807, 2.05) is 43.4 Å². The highest BCUT2D eigenvalue weighted by molar-refractivity contribution is 7.07. The summed E-state index contributed by atoms with van der Waals surface area (Å²) in [5.41, 5.74) is 2.93. The smallest absolute Gasteiger partial charge is 0.190 e. The van der Waals surface area contributed by atoms with E-state index in [0.29, 0.717) is 10.0 Å². The lowest BCUT2D eigenvalue weighted by molar-refractivity contribution is 0.883. The summed E-state index contributed by atoms with van der Waals surface area (Å²) in [6.07, 6.45) is 0. The molecule has 0 radical (unpaired) electrons. The molecule has 0 aliphatic rings. The quantitative estimate of drug-likeness (QED) is 0.378. The van der Waals surface area contributed by atoms with Gasteiger partial charge in [-0.2, -0.15) is 0 Å². The summed E-state index contributed by atoms with van der Waals surface area (Å²) in [6.45, 7) is 0. The lowest BCUT2D eigenvalue weighted by atomic mass is 10.1. The van der Waals surface area contributed by atoms with Crippen LogP contribution in [0, 0.1) is 0 Å². The molecule has 25 heavy (non-hydrogen) atoms. The minimum Gasteiger partial charge on any atom is -0.319 e. The van der Waals surface area contributed by atoms with Gasteiger partial charge in [0, 0.05) is 28.4 Å². The fourth-order valence-electron chi connectivity index (χ4n) is 2.82. The van der Waals surface area contributed by atoms with E-state index in [1.54, 1.807) is 17.4 Å². The highest BCUT2D eigenvalue weighted by Gasteiger charge is 2.09. The van der Waals surface area contributed by atoms with Crippen LogP contribution in [0.2, 0.25) is 10.0 Å². The summed E-state index contributed by atoms with van der Waals surface area (Å²) in [7, 11) is 2.00. The molecule has 0 bridgehead atoms. The summed E-state index contributed by atoms with van der Waals surface area (Å²) in [6, 6.07) is 20.0. The van der Waals surface area contributed by atoms with E-state index in [-0.39, 0.29) is 0 Å². The number of benzene rings is 3. The molecular formula is C20H14Cl2N2S. The molecule has 0 spiro atoms. The van der Waals surface area contributed by atoms with E-state index in [9.17, 15) is 0 Å². The highest BCUT2D eigenvalue weighted by atomic mass is 35.5. The molecule has 0 saturated heterocycles. The molecule has 0 aliphatic heterocycles. The second-order valence-corrected chi connectivity index (χ2v) is 7.38. The predicted octanol–water partition coefficient (Wildman–Crippen LogP) is 6.45. The number of rotatable bonds is 2. The number of aromatic nitrogens is 1. The third kappa shape index (κ3) is 3.11. The Morgan fingerprint density at radius 3 is 2.60 bits per heavy atom. The first-order chi connectivity index (χ1) is 12.1. The van der Waals surface area contributed by atoms with Crippen LogP contribution in [0.5, 0.6) is 0 Å². The Morgan fingerprint density at radius 2 is 1.76 bits per heavy atom. The second kappa shape index (κ2) is 6.68. The van der Waals surface area contributed by atoms with Crippen LogP contribution in [0.25, 0.3) is 22.0 Å². The Bertz CT molecular complexity index is 1140. The van der Waals surface area contributed by atoms with Crippen molar-refractivity contribution in [2.24, 2.45) is 12.0 Å². The van der Waals surface area contributed by atoms with E-state index in [0.717, 1.165) is 27.1 Å². The van der Waals surface area contributed by atoms with Gasteiger partial charge in [-0.05, 0) is 29.7 Å². The fourth-order valence-corrected chi connectivity index (χ4v) is 4.24. The van der Waals surface area contributed by atoms with Gasteiger partial charge in [0.1, 0.15) is 0 Å². The van der Waals surface area contributed by atoms with Crippen molar-refractivity contribution in [1.29, 1.82) is 0 Å². The molecule has 1 aromatic heterocycles. The van der Waals surface area contributed by atoms with Gasteiger partial charge in [-0.1, -0.05) is 59.6 Å². The summed E-state index contributed by atoms with van der Waals surface area (Å²) < 4.78 is 2.06. The van der Waals surface area contributed by atoms with E-state index in [1.165, 1.54) is 5.39 Å². The van der Waals surface area contributed by atoms with Crippen LogP contribution in [0.4, 0.5) is 5.69 Å². The number of fused-ring (bicyclic) bond motifs is 1. The summed E-state index contributed by atoms with van der Waals surface area (Å²) >= 11 is 14.0. The lowest BCUT2D eigenvalue weighted by Crippen LogP contribution is -2.11. The van der Waals surface area contributed by atoms with E-state index in [2.05, 4.69) is 28.1 Å². The number of hydrogen-bond acceptors (Lipinski definition) is 2. The van der Waals surface area contributed by atoms with Crippen molar-refractivity contribution in [3.8, 4) is 11.3 Å². The maximum absolute atomic E-state index is 6.36. The van der Waals surface area contributed by atoms with Crippen LogP contribution in [0.15, 0.2) is 71.0 Å². The molecule has 0 amide bonds. The monoisotopic (exact) mass is 384 g/mol. The molecule has 1 heterocycles. The number of thiazole rings is 1. The van der Waals surface area contributed by atoms with E-state index >= 15 is 0 Å². The summed E-state index contributed by atoms with van der Waals surface area (Å²) in [5, 5.41) is 5.66. The summed E-state index contributed by atoms with van der Waals surface area (Å²) in [5.74, 6) is 0. The van der Waals surface area contributed by atoms with Crippen LogP contribution in [0.1, 0.15) is 0 Å². The summed E-state index contributed by atoms with van der Waals surface area (Å²) in [4.78, 5) is 5.79. The molecule has 0 saturated carbocycles. The zero-order valence-electron chi connectivity index (χ0n) is 13.4. The van der Waals surface area contributed by atoms with Gasteiger partial charge in [-0.25, -0.2) is 4.99 Å². The van der Waals surface area contributed by atoms with Crippen LogP contribution in [-0.4, -0.2) is 4.57 Å². The van der Waals surface area contributed by atoms with E-state index < -0.39 is 0 Å². The Morgan fingerprint density at radius 1 is 0.960 bits per heavy atom. The van der Waals surface area contributed by atoms with Gasteiger partial charge in [0.2, 0.25) is 0 Å². The predicted molar refractivity (Wildman–Crippen MR) is 108 cm³/mol. The third-order valence-corrected chi connectivity index (χ3v) is 5.58. The van der Waals surface area contributed by atoms with Crippen molar-refractivity contribution >= 4 is 51.0 Å². The zero-order valence-corrected chi connectivity index (χ0v) is 15.7. The van der Waals surface area contributed by atoms with Crippen LogP contribution in [-0.2, 0) is 7.05 Å². The van der Waals surface area contributed by atoms with Crippen LogP contribution >= 0.6 is 34.5 Å². The SMILES string of the molecule is Cn1c(-c2ccc(Cl)cc2Cl)csc1=Nc1cccc2ccccc12. The first-order valence-corrected chi connectivity index (χ1v) is 9.39. The molecule has 3 aromatic carbocycles. The van der Waals surface area contributed by atoms with Crippen molar-refractivity contribution in [1.82, 2.24) is 4.57 Å². The van der Waals surface area contributed by atoms with Gasteiger partial charge < -0.3 is 4.57 Å². The normalized spacial score (nSPS) is 12.0. The molecular weight excluding hydrogens is 371 g/mol. The Kier molecular flexibility index (Phi) is 4.38. The molecule has 4 aromatic rings. The average Bonchev–Trinajstić information content (AvgIpc) is 2.96. The van der Waals surface area contributed by atoms with Crippen molar-refractivity contribution in [2.75, 3.05) is 0 Å². The van der Waals surface area contributed by atoms with Gasteiger partial charge in [-0.15, -0.1) is 11.3 Å². The van der Waals surface area contributed by atoms with Gasteiger partial charge in [0.25, 0.3) is 0 Å². The zero-order chi connectivity index (χ0) is 17.4. The molecule has 0 atom stereocenters. The first-order valence-electron chi connectivity index (χ1n) is 7.76. The highest BCUT2D eigenvalue weighted by Crippen LogP contribution is 2.31. The van der Waals surface area contributed by atoms with E-state index in [4.69, 9.17) is 28.2 Å². The number of halogens is 2. The minimum absolute atomic E-state index is 0.632. The molecule has 5 heteroatoms. The van der Waals surface area contributed by atoms with Crippen molar-refractivity contribution < 1.29 is 0 Å². The van der Waals surface area contributed by atoms with Gasteiger partial charge in [0.15, 0.2) is 4.80 Å². The lowest BCUT2D eigenvalue weighted by Gasteiger charge is -2.06. The Hall–Kier alpha value is -2.07. The topological polar surface area (TPSA) is 17.3 Å². The fraction of sp³-hybridized carbons (Fsp3) is 0.0500. The van der Waals surface area contributed by atoms with Crippen molar-refractivity contribution in [3.05, 3.63) is 80.9 Å². The first kappa shape index (κ1) is 16.4. The van der Waals surface area contributed by atoms with Crippen molar-refractivity contribution in [2.45, 2.75) is 0 Å². The molecule has 2 nitrogen and oxygen atoms in total. The maximum Gasteiger partial charge on any atom is 0.190 e. The Labute approximate surface area is 159 Å². The third-order valence-electron chi connectivity index (χ3n) is 4.11. The van der Waals surface area contributed by atoms with Gasteiger partial charge in [0.05, 0.1) is 16.4 Å². The molecule has 0 aliphatic carbocycles. The van der Waals surface area contributed by atoms with Crippen molar-refractivity contribution in [3.63, 3.8) is 0 Å².